The summed E-state index contributed by atoms with van der Waals surface area (Å²) < 4.78 is 10.9. The molecule has 0 N–H and O–H groups in total. The molecule has 1 fully saturated rings. The molecule has 1 aromatic rings. The molecule has 4 heteroatoms. The summed E-state index contributed by atoms with van der Waals surface area (Å²) in [7, 11) is 1.44. The van der Waals surface area contributed by atoms with Crippen LogP contribution in [0.25, 0.3) is 0 Å². The van der Waals surface area contributed by atoms with E-state index in [0.717, 1.165) is 30.7 Å². The van der Waals surface area contributed by atoms with Crippen molar-refractivity contribution in [2.24, 2.45) is 0 Å². The van der Waals surface area contributed by atoms with Gasteiger partial charge in [-0.1, -0.05) is 25.8 Å². The third-order valence-corrected chi connectivity index (χ3v) is 5.15. The zero-order valence-corrected chi connectivity index (χ0v) is 14.2. The lowest BCUT2D eigenvalue weighted by atomic mass is 9.95. The van der Waals surface area contributed by atoms with Gasteiger partial charge in [-0.2, -0.15) is 0 Å². The summed E-state index contributed by atoms with van der Waals surface area (Å²) in [5.74, 6) is 0.570. The van der Waals surface area contributed by atoms with E-state index in [4.69, 9.17) is 9.47 Å². The lowest BCUT2D eigenvalue weighted by Crippen LogP contribution is -2.48. The summed E-state index contributed by atoms with van der Waals surface area (Å²) in [6, 6.07) is 6.70. The van der Waals surface area contributed by atoms with Gasteiger partial charge in [-0.05, 0) is 44.4 Å². The van der Waals surface area contributed by atoms with E-state index in [9.17, 15) is 4.79 Å². The van der Waals surface area contributed by atoms with Gasteiger partial charge in [0.25, 0.3) is 0 Å². The number of ether oxygens (including phenoxy) is 2. The van der Waals surface area contributed by atoms with Gasteiger partial charge in [0.1, 0.15) is 12.4 Å². The van der Waals surface area contributed by atoms with Crippen LogP contribution in [-0.4, -0.2) is 43.2 Å². The van der Waals surface area contributed by atoms with E-state index in [0.29, 0.717) is 24.3 Å². The Morgan fingerprint density at radius 3 is 2.78 bits per heavy atom. The highest BCUT2D eigenvalue weighted by Crippen LogP contribution is 2.33. The third kappa shape index (κ3) is 3.37. The molecule has 0 unspecified atom stereocenters. The molecule has 4 nitrogen and oxygen atoms in total. The van der Waals surface area contributed by atoms with Crippen molar-refractivity contribution in [3.63, 3.8) is 0 Å². The molecule has 3 rings (SSSR count). The van der Waals surface area contributed by atoms with Crippen molar-refractivity contribution in [3.05, 3.63) is 29.3 Å². The summed E-state index contributed by atoms with van der Waals surface area (Å²) >= 11 is 0. The van der Waals surface area contributed by atoms with Crippen molar-refractivity contribution in [1.29, 1.82) is 0 Å². The zero-order chi connectivity index (χ0) is 16.2. The van der Waals surface area contributed by atoms with Crippen LogP contribution in [0, 0.1) is 0 Å². The van der Waals surface area contributed by atoms with Gasteiger partial charge in [-0.25, -0.2) is 4.79 Å². The summed E-state index contributed by atoms with van der Waals surface area (Å²) in [6.45, 7) is 4.06. The largest absolute Gasteiger partial charge is 0.492 e. The van der Waals surface area contributed by atoms with E-state index in [1.165, 1.54) is 32.8 Å². The fourth-order valence-corrected chi connectivity index (χ4v) is 4.06. The summed E-state index contributed by atoms with van der Waals surface area (Å²) in [6.07, 6.45) is 7.28. The topological polar surface area (TPSA) is 38.8 Å². The van der Waals surface area contributed by atoms with Gasteiger partial charge >= 0.3 is 5.97 Å². The van der Waals surface area contributed by atoms with Crippen molar-refractivity contribution >= 4 is 5.97 Å². The average molecular weight is 317 g/mol. The Bertz CT molecular complexity index is 552. The van der Waals surface area contributed by atoms with Crippen molar-refractivity contribution in [3.8, 4) is 5.75 Å². The molecule has 0 radical (unpaired) electrons. The van der Waals surface area contributed by atoms with Crippen molar-refractivity contribution in [2.75, 3.05) is 20.3 Å². The van der Waals surface area contributed by atoms with Crippen LogP contribution in [0.4, 0.5) is 0 Å². The van der Waals surface area contributed by atoms with E-state index in [1.54, 1.807) is 0 Å². The number of rotatable bonds is 5. The number of benzene rings is 1. The monoisotopic (exact) mass is 317 g/mol. The van der Waals surface area contributed by atoms with E-state index in [1.807, 2.05) is 18.2 Å². The first-order valence-corrected chi connectivity index (χ1v) is 8.83. The fraction of sp³-hybridized carbons (Fsp3) is 0.632. The molecule has 1 aliphatic carbocycles. The smallest absolute Gasteiger partial charge is 0.338 e. The number of hydrogen-bond acceptors (Lipinski definition) is 4. The quantitative estimate of drug-likeness (QED) is 0.780. The number of nitrogens with zero attached hydrogens (tertiary/aromatic N) is 1. The molecule has 1 aliphatic heterocycles. The maximum atomic E-state index is 12.1. The second kappa shape index (κ2) is 7.35. The Labute approximate surface area is 138 Å². The molecule has 1 saturated carbocycles. The van der Waals surface area contributed by atoms with E-state index >= 15 is 0 Å². The van der Waals surface area contributed by atoms with Gasteiger partial charge < -0.3 is 9.47 Å². The molecule has 0 aromatic heterocycles. The average Bonchev–Trinajstić information content (AvgIpc) is 3.12. The molecule has 0 spiro atoms. The molecule has 0 bridgehead atoms. The van der Waals surface area contributed by atoms with E-state index in [2.05, 4.69) is 11.8 Å². The molecule has 126 valence electrons. The molecular weight excluding hydrogens is 290 g/mol. The Kier molecular flexibility index (Phi) is 5.21. The summed E-state index contributed by atoms with van der Waals surface area (Å²) in [5, 5.41) is 0. The molecule has 1 aromatic carbocycles. The van der Waals surface area contributed by atoms with Crippen LogP contribution in [0.15, 0.2) is 18.2 Å². The lowest BCUT2D eigenvalue weighted by Gasteiger charge is -2.39. The van der Waals surface area contributed by atoms with Crippen molar-refractivity contribution < 1.29 is 14.3 Å². The minimum Gasteiger partial charge on any atom is -0.492 e. The summed E-state index contributed by atoms with van der Waals surface area (Å²) in [5.41, 5.74) is 1.66. The molecule has 0 amide bonds. The van der Waals surface area contributed by atoms with Crippen LogP contribution in [0.3, 0.4) is 0 Å². The van der Waals surface area contributed by atoms with Crippen LogP contribution < -0.4 is 4.74 Å². The molecule has 23 heavy (non-hydrogen) atoms. The van der Waals surface area contributed by atoms with E-state index < -0.39 is 0 Å². The lowest BCUT2D eigenvalue weighted by molar-refractivity contribution is 0.0588. The first-order chi connectivity index (χ1) is 11.2. The second-order valence-electron chi connectivity index (χ2n) is 6.62. The predicted molar refractivity (Wildman–Crippen MR) is 90.0 cm³/mol. The maximum Gasteiger partial charge on any atom is 0.338 e. The molecule has 1 atom stereocenters. The third-order valence-electron chi connectivity index (χ3n) is 5.15. The van der Waals surface area contributed by atoms with Crippen LogP contribution >= 0.6 is 0 Å². The number of fused-ring (bicyclic) bond motifs is 1. The minimum atomic E-state index is -0.269. The number of hydrogen-bond donors (Lipinski definition) is 0. The second-order valence-corrected chi connectivity index (χ2v) is 6.62. The summed E-state index contributed by atoms with van der Waals surface area (Å²) in [4.78, 5) is 14.7. The SMILES string of the molecule is CCCN(C1CCCC1)[C@H]1COc2cccc(C(=O)OC)c2C1. The Balaban J connectivity index is 1.84. The number of methoxy groups -OCH3 is 1. The molecule has 2 aliphatic rings. The van der Waals surface area contributed by atoms with Crippen LogP contribution in [-0.2, 0) is 11.2 Å². The molecule has 1 heterocycles. The number of carbonyl (C=O) groups excluding carboxylic acids is 1. The first-order valence-electron chi connectivity index (χ1n) is 8.83. The molecule has 0 saturated heterocycles. The highest BCUT2D eigenvalue weighted by atomic mass is 16.5. The Hall–Kier alpha value is -1.55. The molecular formula is C19H27NO3. The Morgan fingerprint density at radius 1 is 1.30 bits per heavy atom. The van der Waals surface area contributed by atoms with Gasteiger partial charge in [0.15, 0.2) is 0 Å². The first kappa shape index (κ1) is 16.3. The van der Waals surface area contributed by atoms with Gasteiger partial charge in [-0.3, -0.25) is 4.90 Å². The highest BCUT2D eigenvalue weighted by molar-refractivity contribution is 5.91. The van der Waals surface area contributed by atoms with Crippen LogP contribution in [0.1, 0.15) is 54.9 Å². The number of carbonyl (C=O) groups is 1. The Morgan fingerprint density at radius 2 is 2.09 bits per heavy atom. The van der Waals surface area contributed by atoms with Gasteiger partial charge in [0.05, 0.1) is 12.7 Å². The van der Waals surface area contributed by atoms with Crippen molar-refractivity contribution in [1.82, 2.24) is 4.90 Å². The minimum absolute atomic E-state index is 0.269. The van der Waals surface area contributed by atoms with Gasteiger partial charge in [-0.15, -0.1) is 0 Å². The zero-order valence-electron chi connectivity index (χ0n) is 14.2. The fourth-order valence-electron chi connectivity index (χ4n) is 4.06. The van der Waals surface area contributed by atoms with Gasteiger partial charge in [0.2, 0.25) is 0 Å². The van der Waals surface area contributed by atoms with Crippen LogP contribution in [0.2, 0.25) is 0 Å². The van der Waals surface area contributed by atoms with E-state index in [-0.39, 0.29) is 5.97 Å². The van der Waals surface area contributed by atoms with Crippen molar-refractivity contribution in [2.45, 2.75) is 57.5 Å². The predicted octanol–water partition coefficient (Wildman–Crippen LogP) is 3.43. The van der Waals surface area contributed by atoms with Gasteiger partial charge in [0, 0.05) is 17.6 Å². The standard InChI is InChI=1S/C19H27NO3/c1-3-11-20(14-7-4-5-8-14)15-12-17-16(19(21)22-2)9-6-10-18(17)23-13-15/h6,9-10,14-15H,3-5,7-8,11-13H2,1-2H3/t15-/m1/s1. The van der Waals surface area contributed by atoms with Crippen LogP contribution in [0.5, 0.6) is 5.75 Å². The highest BCUT2D eigenvalue weighted by Gasteiger charge is 2.33. The maximum absolute atomic E-state index is 12.1. The normalized spacial score (nSPS) is 21.1. The number of esters is 1.